The molecule has 0 unspecified atom stereocenters. The van der Waals surface area contributed by atoms with Gasteiger partial charge >= 0.3 is 0 Å². The Morgan fingerprint density at radius 1 is 1.24 bits per heavy atom. The molecule has 0 aliphatic rings. The minimum Gasteiger partial charge on any atom is -0.243 e. The molecular formula is C14H12ClNS. The number of aromatic nitrogens is 1. The fourth-order valence-corrected chi connectivity index (χ4v) is 2.56. The van der Waals surface area contributed by atoms with E-state index in [0.29, 0.717) is 5.15 Å². The van der Waals surface area contributed by atoms with Gasteiger partial charge in [-0.2, -0.15) is 0 Å². The van der Waals surface area contributed by atoms with Crippen LogP contribution in [0.5, 0.6) is 0 Å². The third kappa shape index (κ3) is 3.11. The maximum atomic E-state index is 5.76. The van der Waals surface area contributed by atoms with Crippen molar-refractivity contribution in [1.82, 2.24) is 4.98 Å². The smallest absolute Gasteiger partial charge is 0.129 e. The Labute approximate surface area is 111 Å². The van der Waals surface area contributed by atoms with Crippen LogP contribution >= 0.6 is 23.4 Å². The number of benzene rings is 1. The Bertz CT molecular complexity index is 534. The fourth-order valence-electron chi connectivity index (χ4n) is 1.46. The summed E-state index contributed by atoms with van der Waals surface area (Å²) in [5.74, 6) is 0. The summed E-state index contributed by atoms with van der Waals surface area (Å²) in [5.41, 5.74) is 2.24. The van der Waals surface area contributed by atoms with Crippen molar-refractivity contribution in [2.24, 2.45) is 0 Å². The van der Waals surface area contributed by atoms with Crippen molar-refractivity contribution >= 4 is 28.9 Å². The van der Waals surface area contributed by atoms with Gasteiger partial charge < -0.3 is 0 Å². The molecule has 0 aliphatic heterocycles. The molecule has 0 bridgehead atoms. The van der Waals surface area contributed by atoms with Crippen molar-refractivity contribution < 1.29 is 0 Å². The van der Waals surface area contributed by atoms with Gasteiger partial charge in [0.15, 0.2) is 0 Å². The maximum Gasteiger partial charge on any atom is 0.129 e. The Hall–Kier alpha value is -1.25. The van der Waals surface area contributed by atoms with E-state index in [2.05, 4.69) is 23.7 Å². The zero-order chi connectivity index (χ0) is 12.3. The van der Waals surface area contributed by atoms with E-state index in [1.54, 1.807) is 24.0 Å². The molecule has 17 heavy (non-hydrogen) atoms. The molecule has 3 heteroatoms. The maximum absolute atomic E-state index is 5.76. The standard InChI is InChI=1S/C14H12ClNS/c1-10(2)12-5-3-4-6-13(12)17-11-7-8-14(15)16-9-11/h3-9H,1H2,2H3. The lowest BCUT2D eigenvalue weighted by molar-refractivity contribution is 1.23. The minimum absolute atomic E-state index is 0.516. The van der Waals surface area contributed by atoms with Gasteiger partial charge in [-0.25, -0.2) is 4.98 Å². The minimum atomic E-state index is 0.516. The van der Waals surface area contributed by atoms with Crippen LogP contribution in [0.4, 0.5) is 0 Å². The van der Waals surface area contributed by atoms with E-state index >= 15 is 0 Å². The van der Waals surface area contributed by atoms with Gasteiger partial charge in [0.25, 0.3) is 0 Å². The van der Waals surface area contributed by atoms with E-state index in [9.17, 15) is 0 Å². The van der Waals surface area contributed by atoms with Gasteiger partial charge in [-0.15, -0.1) is 0 Å². The Morgan fingerprint density at radius 2 is 2.00 bits per heavy atom. The number of halogens is 1. The Morgan fingerprint density at radius 3 is 2.65 bits per heavy atom. The van der Waals surface area contributed by atoms with Gasteiger partial charge in [0, 0.05) is 16.0 Å². The summed E-state index contributed by atoms with van der Waals surface area (Å²) < 4.78 is 0. The number of nitrogens with zero attached hydrogens (tertiary/aromatic N) is 1. The first-order valence-electron chi connectivity index (χ1n) is 5.21. The van der Waals surface area contributed by atoms with Gasteiger partial charge in [0.1, 0.15) is 5.15 Å². The summed E-state index contributed by atoms with van der Waals surface area (Å²) in [7, 11) is 0. The van der Waals surface area contributed by atoms with E-state index < -0.39 is 0 Å². The molecule has 1 heterocycles. The van der Waals surface area contributed by atoms with Crippen molar-refractivity contribution in [2.45, 2.75) is 16.7 Å². The van der Waals surface area contributed by atoms with Gasteiger partial charge in [-0.05, 0) is 36.3 Å². The second kappa shape index (κ2) is 5.39. The van der Waals surface area contributed by atoms with Crippen molar-refractivity contribution in [3.8, 4) is 0 Å². The number of pyridine rings is 1. The molecule has 0 saturated carbocycles. The largest absolute Gasteiger partial charge is 0.243 e. The van der Waals surface area contributed by atoms with E-state index in [1.165, 1.54) is 10.5 Å². The number of allylic oxidation sites excluding steroid dienone is 1. The van der Waals surface area contributed by atoms with Crippen LogP contribution in [0.3, 0.4) is 0 Å². The van der Waals surface area contributed by atoms with Crippen LogP contribution in [0.2, 0.25) is 5.15 Å². The third-order valence-electron chi connectivity index (χ3n) is 2.27. The highest BCUT2D eigenvalue weighted by atomic mass is 35.5. The molecule has 2 rings (SSSR count). The average Bonchev–Trinajstić information content (AvgIpc) is 2.32. The molecule has 0 fully saturated rings. The van der Waals surface area contributed by atoms with E-state index in [-0.39, 0.29) is 0 Å². The van der Waals surface area contributed by atoms with Gasteiger partial charge in [0.2, 0.25) is 0 Å². The second-order valence-electron chi connectivity index (χ2n) is 3.70. The van der Waals surface area contributed by atoms with Gasteiger partial charge in [0.05, 0.1) is 0 Å². The van der Waals surface area contributed by atoms with Crippen molar-refractivity contribution in [3.63, 3.8) is 0 Å². The molecule has 0 atom stereocenters. The molecule has 1 aromatic heterocycles. The first kappa shape index (κ1) is 12.2. The van der Waals surface area contributed by atoms with Crippen molar-refractivity contribution in [2.75, 3.05) is 0 Å². The zero-order valence-electron chi connectivity index (χ0n) is 9.48. The van der Waals surface area contributed by atoms with Crippen LogP contribution < -0.4 is 0 Å². The van der Waals surface area contributed by atoms with Gasteiger partial charge in [-0.3, -0.25) is 0 Å². The van der Waals surface area contributed by atoms with Crippen molar-refractivity contribution in [1.29, 1.82) is 0 Å². The lowest BCUT2D eigenvalue weighted by atomic mass is 10.1. The molecular weight excluding hydrogens is 250 g/mol. The van der Waals surface area contributed by atoms with Crippen LogP contribution in [-0.4, -0.2) is 4.98 Å². The SMILES string of the molecule is C=C(C)c1ccccc1Sc1ccc(Cl)nc1. The number of rotatable bonds is 3. The van der Waals surface area contributed by atoms with Crippen LogP contribution in [0.25, 0.3) is 5.57 Å². The normalized spacial score (nSPS) is 10.2. The summed E-state index contributed by atoms with van der Waals surface area (Å²) in [6, 6.07) is 12.0. The fraction of sp³-hybridized carbons (Fsp3) is 0.0714. The van der Waals surface area contributed by atoms with Crippen molar-refractivity contribution in [3.05, 3.63) is 59.9 Å². The number of hydrogen-bond donors (Lipinski definition) is 0. The van der Waals surface area contributed by atoms with Crippen LogP contribution in [-0.2, 0) is 0 Å². The van der Waals surface area contributed by atoms with E-state index in [0.717, 1.165) is 10.5 Å². The lowest BCUT2D eigenvalue weighted by Gasteiger charge is -2.08. The molecule has 0 spiro atoms. The lowest BCUT2D eigenvalue weighted by Crippen LogP contribution is -1.84. The topological polar surface area (TPSA) is 12.9 Å². The predicted octanol–water partition coefficient (Wildman–Crippen LogP) is 4.92. The predicted molar refractivity (Wildman–Crippen MR) is 74.5 cm³/mol. The summed E-state index contributed by atoms with van der Waals surface area (Å²) >= 11 is 7.43. The molecule has 86 valence electrons. The molecule has 1 aromatic carbocycles. The molecule has 0 radical (unpaired) electrons. The Kier molecular flexibility index (Phi) is 3.87. The second-order valence-corrected chi connectivity index (χ2v) is 5.20. The summed E-state index contributed by atoms with van der Waals surface area (Å²) in [6.07, 6.45) is 1.78. The molecule has 1 nitrogen and oxygen atoms in total. The molecule has 0 aliphatic carbocycles. The molecule has 0 amide bonds. The van der Waals surface area contributed by atoms with E-state index in [4.69, 9.17) is 11.6 Å². The molecule has 2 aromatic rings. The first-order valence-corrected chi connectivity index (χ1v) is 6.40. The highest BCUT2D eigenvalue weighted by Gasteiger charge is 2.04. The first-order chi connectivity index (χ1) is 8.16. The molecule has 0 N–H and O–H groups in total. The quantitative estimate of drug-likeness (QED) is 0.728. The monoisotopic (exact) mass is 261 g/mol. The highest BCUT2D eigenvalue weighted by Crippen LogP contribution is 2.32. The zero-order valence-corrected chi connectivity index (χ0v) is 11.1. The summed E-state index contributed by atoms with van der Waals surface area (Å²) in [5, 5.41) is 0.516. The summed E-state index contributed by atoms with van der Waals surface area (Å²) in [6.45, 7) is 6.01. The molecule has 0 saturated heterocycles. The Balaban J connectivity index is 2.30. The third-order valence-corrected chi connectivity index (χ3v) is 3.55. The number of hydrogen-bond acceptors (Lipinski definition) is 2. The van der Waals surface area contributed by atoms with Crippen LogP contribution in [0.15, 0.2) is 59.0 Å². The van der Waals surface area contributed by atoms with E-state index in [1.807, 2.05) is 25.1 Å². The average molecular weight is 262 g/mol. The highest BCUT2D eigenvalue weighted by molar-refractivity contribution is 7.99. The van der Waals surface area contributed by atoms with Gasteiger partial charge in [-0.1, -0.05) is 48.1 Å². The van der Waals surface area contributed by atoms with Crippen LogP contribution in [0, 0.1) is 0 Å². The van der Waals surface area contributed by atoms with Crippen LogP contribution in [0.1, 0.15) is 12.5 Å². The summed E-state index contributed by atoms with van der Waals surface area (Å²) in [4.78, 5) is 6.33.